The molecule has 0 saturated heterocycles. The standard InChI is InChI=1S/C12H12N2O/c1-8(13)12(15)10-4-2-6-11-9(10)5-3-7-14-11/h2-8H,13H2,1H3. The van der Waals surface area contributed by atoms with Crippen LogP contribution in [0.4, 0.5) is 0 Å². The van der Waals surface area contributed by atoms with E-state index >= 15 is 0 Å². The summed E-state index contributed by atoms with van der Waals surface area (Å²) in [5, 5.41) is 0.863. The molecule has 0 aliphatic heterocycles. The molecule has 0 bridgehead atoms. The van der Waals surface area contributed by atoms with E-state index < -0.39 is 6.04 Å². The van der Waals surface area contributed by atoms with E-state index in [2.05, 4.69) is 4.98 Å². The summed E-state index contributed by atoms with van der Waals surface area (Å²) in [4.78, 5) is 16.0. The van der Waals surface area contributed by atoms with Gasteiger partial charge in [-0.15, -0.1) is 0 Å². The normalized spacial score (nSPS) is 12.7. The minimum Gasteiger partial charge on any atom is -0.321 e. The Balaban J connectivity index is 2.66. The summed E-state index contributed by atoms with van der Waals surface area (Å²) in [5.41, 5.74) is 7.06. The number of Topliss-reactive ketones (excluding diaryl/α,β-unsaturated/α-hetero) is 1. The van der Waals surface area contributed by atoms with E-state index in [1.165, 1.54) is 0 Å². The van der Waals surface area contributed by atoms with E-state index in [0.717, 1.165) is 10.9 Å². The van der Waals surface area contributed by atoms with Crippen molar-refractivity contribution in [2.45, 2.75) is 13.0 Å². The molecule has 1 atom stereocenters. The number of fused-ring (bicyclic) bond motifs is 1. The van der Waals surface area contributed by atoms with E-state index in [1.54, 1.807) is 19.2 Å². The van der Waals surface area contributed by atoms with Gasteiger partial charge in [-0.05, 0) is 19.1 Å². The number of aromatic nitrogens is 1. The lowest BCUT2D eigenvalue weighted by molar-refractivity contribution is 0.0969. The number of benzene rings is 1. The van der Waals surface area contributed by atoms with Crippen LogP contribution in [0.15, 0.2) is 36.5 Å². The smallest absolute Gasteiger partial charge is 0.179 e. The fraction of sp³-hybridized carbons (Fsp3) is 0.167. The van der Waals surface area contributed by atoms with Crippen LogP contribution in [-0.2, 0) is 0 Å². The monoisotopic (exact) mass is 200 g/mol. The van der Waals surface area contributed by atoms with Crippen molar-refractivity contribution in [3.63, 3.8) is 0 Å². The van der Waals surface area contributed by atoms with Crippen molar-refractivity contribution in [3.05, 3.63) is 42.1 Å². The van der Waals surface area contributed by atoms with Gasteiger partial charge in [0.1, 0.15) is 0 Å². The Morgan fingerprint density at radius 1 is 1.33 bits per heavy atom. The first-order chi connectivity index (χ1) is 7.20. The molecular formula is C12H12N2O. The van der Waals surface area contributed by atoms with Gasteiger partial charge in [-0.3, -0.25) is 9.78 Å². The van der Waals surface area contributed by atoms with Gasteiger partial charge in [0.2, 0.25) is 0 Å². The van der Waals surface area contributed by atoms with Crippen LogP contribution in [0, 0.1) is 0 Å². The van der Waals surface area contributed by atoms with Crippen molar-refractivity contribution >= 4 is 16.7 Å². The molecule has 76 valence electrons. The Bertz CT molecular complexity index is 500. The molecule has 2 aromatic rings. The molecule has 3 heteroatoms. The van der Waals surface area contributed by atoms with Crippen molar-refractivity contribution in [1.29, 1.82) is 0 Å². The van der Waals surface area contributed by atoms with Gasteiger partial charge in [0, 0.05) is 17.1 Å². The largest absolute Gasteiger partial charge is 0.321 e. The second kappa shape index (κ2) is 3.79. The Morgan fingerprint density at radius 3 is 2.87 bits per heavy atom. The van der Waals surface area contributed by atoms with E-state index in [-0.39, 0.29) is 5.78 Å². The highest BCUT2D eigenvalue weighted by Crippen LogP contribution is 2.17. The average Bonchev–Trinajstić information content (AvgIpc) is 2.27. The Labute approximate surface area is 87.9 Å². The summed E-state index contributed by atoms with van der Waals surface area (Å²) in [7, 11) is 0. The topological polar surface area (TPSA) is 56.0 Å². The number of carbonyl (C=O) groups excluding carboxylic acids is 1. The summed E-state index contributed by atoms with van der Waals surface area (Å²) in [6.45, 7) is 1.69. The number of nitrogens with zero attached hydrogens (tertiary/aromatic N) is 1. The third kappa shape index (κ3) is 1.74. The third-order valence-corrected chi connectivity index (χ3v) is 2.32. The zero-order valence-electron chi connectivity index (χ0n) is 8.47. The average molecular weight is 200 g/mol. The van der Waals surface area contributed by atoms with Crippen molar-refractivity contribution in [2.24, 2.45) is 5.73 Å². The van der Waals surface area contributed by atoms with E-state index in [9.17, 15) is 4.79 Å². The molecule has 0 aliphatic rings. The molecule has 0 aliphatic carbocycles. The first-order valence-electron chi connectivity index (χ1n) is 4.83. The van der Waals surface area contributed by atoms with Gasteiger partial charge < -0.3 is 5.73 Å². The molecule has 1 heterocycles. The second-order valence-corrected chi connectivity index (χ2v) is 3.53. The van der Waals surface area contributed by atoms with Crippen molar-refractivity contribution in [2.75, 3.05) is 0 Å². The molecule has 0 saturated carbocycles. The van der Waals surface area contributed by atoms with Gasteiger partial charge in [0.25, 0.3) is 0 Å². The van der Waals surface area contributed by atoms with Crippen molar-refractivity contribution in [3.8, 4) is 0 Å². The lowest BCUT2D eigenvalue weighted by Crippen LogP contribution is -2.26. The maximum Gasteiger partial charge on any atom is 0.179 e. The predicted octanol–water partition coefficient (Wildman–Crippen LogP) is 1.76. The highest BCUT2D eigenvalue weighted by Gasteiger charge is 2.13. The number of rotatable bonds is 2. The van der Waals surface area contributed by atoms with Crippen LogP contribution in [0.2, 0.25) is 0 Å². The quantitative estimate of drug-likeness (QED) is 0.751. The van der Waals surface area contributed by atoms with E-state index in [0.29, 0.717) is 5.56 Å². The van der Waals surface area contributed by atoms with Crippen molar-refractivity contribution < 1.29 is 4.79 Å². The first-order valence-corrected chi connectivity index (χ1v) is 4.83. The molecule has 0 spiro atoms. The Hall–Kier alpha value is -1.74. The van der Waals surface area contributed by atoms with Crippen LogP contribution in [0.25, 0.3) is 10.9 Å². The maximum atomic E-state index is 11.8. The molecule has 0 radical (unpaired) electrons. The zero-order valence-corrected chi connectivity index (χ0v) is 8.47. The van der Waals surface area contributed by atoms with Gasteiger partial charge in [-0.1, -0.05) is 18.2 Å². The van der Waals surface area contributed by atoms with Gasteiger partial charge in [0.15, 0.2) is 5.78 Å². The lowest BCUT2D eigenvalue weighted by atomic mass is 10.0. The summed E-state index contributed by atoms with van der Waals surface area (Å²) < 4.78 is 0. The van der Waals surface area contributed by atoms with Gasteiger partial charge in [-0.25, -0.2) is 0 Å². The number of pyridine rings is 1. The highest BCUT2D eigenvalue weighted by molar-refractivity contribution is 6.09. The highest BCUT2D eigenvalue weighted by atomic mass is 16.1. The second-order valence-electron chi connectivity index (χ2n) is 3.53. The van der Waals surface area contributed by atoms with Crippen LogP contribution in [0.5, 0.6) is 0 Å². The van der Waals surface area contributed by atoms with Crippen LogP contribution in [0.1, 0.15) is 17.3 Å². The molecular weight excluding hydrogens is 188 g/mol. The minimum atomic E-state index is -0.476. The van der Waals surface area contributed by atoms with Crippen molar-refractivity contribution in [1.82, 2.24) is 4.98 Å². The zero-order chi connectivity index (χ0) is 10.8. The number of ketones is 1. The van der Waals surface area contributed by atoms with Gasteiger partial charge in [-0.2, -0.15) is 0 Å². The van der Waals surface area contributed by atoms with Gasteiger partial charge in [0.05, 0.1) is 11.6 Å². The summed E-state index contributed by atoms with van der Waals surface area (Å²) in [5.74, 6) is -0.0476. The number of hydrogen-bond acceptors (Lipinski definition) is 3. The minimum absolute atomic E-state index is 0.0476. The Morgan fingerprint density at radius 2 is 2.13 bits per heavy atom. The number of carbonyl (C=O) groups is 1. The fourth-order valence-electron chi connectivity index (χ4n) is 1.56. The Kier molecular flexibility index (Phi) is 2.47. The fourth-order valence-corrected chi connectivity index (χ4v) is 1.56. The van der Waals surface area contributed by atoms with Crippen LogP contribution < -0.4 is 5.73 Å². The van der Waals surface area contributed by atoms with Crippen LogP contribution >= 0.6 is 0 Å². The third-order valence-electron chi connectivity index (χ3n) is 2.32. The summed E-state index contributed by atoms with van der Waals surface area (Å²) >= 11 is 0. The summed E-state index contributed by atoms with van der Waals surface area (Å²) in [6.07, 6.45) is 1.71. The molecule has 1 unspecified atom stereocenters. The molecule has 2 N–H and O–H groups in total. The molecule has 0 amide bonds. The molecule has 2 rings (SSSR count). The predicted molar refractivity (Wildman–Crippen MR) is 59.7 cm³/mol. The molecule has 1 aromatic carbocycles. The number of hydrogen-bond donors (Lipinski definition) is 1. The maximum absolute atomic E-state index is 11.8. The molecule has 15 heavy (non-hydrogen) atoms. The molecule has 1 aromatic heterocycles. The number of nitrogens with two attached hydrogens (primary N) is 1. The lowest BCUT2D eigenvalue weighted by Gasteiger charge is -2.07. The molecule has 0 fully saturated rings. The first kappa shape index (κ1) is 9.80. The van der Waals surface area contributed by atoms with E-state index in [4.69, 9.17) is 5.73 Å². The SMILES string of the molecule is CC(N)C(=O)c1cccc2ncccc12. The van der Waals surface area contributed by atoms with Crippen LogP contribution in [0.3, 0.4) is 0 Å². The molecule has 3 nitrogen and oxygen atoms in total. The summed E-state index contributed by atoms with van der Waals surface area (Å²) in [6, 6.07) is 8.72. The van der Waals surface area contributed by atoms with Gasteiger partial charge >= 0.3 is 0 Å². The van der Waals surface area contributed by atoms with Crippen LogP contribution in [-0.4, -0.2) is 16.8 Å². The van der Waals surface area contributed by atoms with E-state index in [1.807, 2.05) is 24.3 Å².